The Balaban J connectivity index is 1.99. The number of nitrogens with one attached hydrogen (secondary N) is 2. The average Bonchev–Trinajstić information content (AvgIpc) is 3.07. The summed E-state index contributed by atoms with van der Waals surface area (Å²) in [6, 6.07) is 2.47. The van der Waals surface area contributed by atoms with Crippen molar-refractivity contribution in [2.45, 2.75) is 117 Å². The molecule has 0 saturated carbocycles. The van der Waals surface area contributed by atoms with Crippen molar-refractivity contribution in [3.63, 3.8) is 0 Å². The van der Waals surface area contributed by atoms with Gasteiger partial charge in [-0.1, -0.05) is 6.07 Å². The third-order valence-corrected chi connectivity index (χ3v) is 7.69. The predicted molar refractivity (Wildman–Crippen MR) is 180 cm³/mol. The summed E-state index contributed by atoms with van der Waals surface area (Å²) in [6.45, 7) is 7.74. The van der Waals surface area contributed by atoms with Gasteiger partial charge in [0.15, 0.2) is 24.4 Å². The van der Waals surface area contributed by atoms with Gasteiger partial charge in [-0.3, -0.25) is 38.4 Å². The lowest BCUT2D eigenvalue weighted by Crippen LogP contribution is -2.67. The highest BCUT2D eigenvalue weighted by molar-refractivity contribution is 5.90. The Morgan fingerprint density at radius 2 is 0.946 bits per heavy atom. The molecule has 0 spiro atoms. The van der Waals surface area contributed by atoms with Crippen LogP contribution in [-0.2, 0) is 81.0 Å². The highest BCUT2D eigenvalue weighted by atomic mass is 16.7. The fraction of sp³-hybridized carbons (Fsp3) is 0.571. The fourth-order valence-electron chi connectivity index (χ4n) is 5.79. The molecular formula is C35H44N2O19. The molecule has 2 aliphatic heterocycles. The molecule has 0 aromatic heterocycles. The third-order valence-electron chi connectivity index (χ3n) is 7.69. The number of hydrogen-bond donors (Lipinski definition) is 2. The molecule has 1 aromatic carbocycles. The molecule has 1 aromatic rings. The van der Waals surface area contributed by atoms with Crippen molar-refractivity contribution < 1.29 is 90.5 Å². The minimum absolute atomic E-state index is 0.0815. The summed E-state index contributed by atoms with van der Waals surface area (Å²) in [6.07, 6.45) is -11.7. The second-order valence-corrected chi connectivity index (χ2v) is 12.5. The zero-order chi connectivity index (χ0) is 41.9. The fourth-order valence-corrected chi connectivity index (χ4v) is 5.79. The monoisotopic (exact) mass is 796 g/mol. The van der Waals surface area contributed by atoms with Gasteiger partial charge in [-0.15, -0.1) is 0 Å². The molecule has 0 bridgehead atoms. The van der Waals surface area contributed by atoms with Crippen LogP contribution in [0, 0.1) is 0 Å². The van der Waals surface area contributed by atoms with E-state index in [1.807, 2.05) is 0 Å². The SMILES string of the molecule is CC(=O)N[C@@H]1[C@H](Oc2cccc(C(=O)O[C@@H]3O[C@@H](COC(C)=O)[C@@H](OC(C)=O)[C@H](OC(C)=O)[C@H]3NC(C)=O)c2)O[C@@H](COC(C)=O)[C@@H](OC(C)=O)[C@H]1OC(C)=O. The van der Waals surface area contributed by atoms with E-state index in [0.29, 0.717) is 0 Å². The number of carbonyl (C=O) groups excluding carboxylic acids is 9. The van der Waals surface area contributed by atoms with E-state index in [-0.39, 0.29) is 11.3 Å². The first-order chi connectivity index (χ1) is 26.2. The Kier molecular flexibility index (Phi) is 16.1. The molecule has 0 radical (unpaired) electrons. The van der Waals surface area contributed by atoms with Gasteiger partial charge in [0.1, 0.15) is 43.3 Å². The van der Waals surface area contributed by atoms with Crippen LogP contribution in [0.15, 0.2) is 24.3 Å². The van der Waals surface area contributed by atoms with Crippen LogP contribution in [0.1, 0.15) is 65.7 Å². The van der Waals surface area contributed by atoms with Crippen LogP contribution in [-0.4, -0.2) is 128 Å². The molecule has 2 N–H and O–H groups in total. The number of hydrogen-bond acceptors (Lipinski definition) is 19. The van der Waals surface area contributed by atoms with Crippen LogP contribution >= 0.6 is 0 Å². The van der Waals surface area contributed by atoms with Gasteiger partial charge < -0.3 is 58.0 Å². The Morgan fingerprint density at radius 1 is 0.536 bits per heavy atom. The van der Waals surface area contributed by atoms with Crippen molar-refractivity contribution >= 4 is 53.6 Å². The third kappa shape index (κ3) is 13.2. The highest BCUT2D eigenvalue weighted by Gasteiger charge is 2.53. The Hall–Kier alpha value is -5.83. The van der Waals surface area contributed by atoms with Crippen LogP contribution in [0.3, 0.4) is 0 Å². The minimum atomic E-state index is -1.73. The molecule has 2 heterocycles. The van der Waals surface area contributed by atoms with E-state index < -0.39 is 128 Å². The second-order valence-electron chi connectivity index (χ2n) is 12.5. The predicted octanol–water partition coefficient (Wildman–Crippen LogP) is -0.466. The molecule has 308 valence electrons. The Morgan fingerprint density at radius 3 is 1.36 bits per heavy atom. The second kappa shape index (κ2) is 20.2. The molecule has 21 nitrogen and oxygen atoms in total. The Bertz CT molecular complexity index is 1660. The van der Waals surface area contributed by atoms with Crippen molar-refractivity contribution in [3.8, 4) is 5.75 Å². The zero-order valence-electron chi connectivity index (χ0n) is 31.8. The first-order valence-electron chi connectivity index (χ1n) is 17.0. The van der Waals surface area contributed by atoms with Crippen LogP contribution in [0.25, 0.3) is 0 Å². The highest BCUT2D eigenvalue weighted by Crippen LogP contribution is 2.31. The number of ether oxygens (including phenoxy) is 10. The van der Waals surface area contributed by atoms with E-state index in [2.05, 4.69) is 10.6 Å². The maximum absolute atomic E-state index is 13.7. The maximum Gasteiger partial charge on any atom is 0.340 e. The number of benzene rings is 1. The lowest BCUT2D eigenvalue weighted by atomic mass is 9.96. The quantitative estimate of drug-likeness (QED) is 0.178. The van der Waals surface area contributed by atoms with E-state index in [0.717, 1.165) is 55.4 Å². The van der Waals surface area contributed by atoms with E-state index in [1.165, 1.54) is 24.3 Å². The lowest BCUT2D eigenvalue weighted by Gasteiger charge is -2.44. The van der Waals surface area contributed by atoms with Gasteiger partial charge in [-0.25, -0.2) is 4.79 Å². The van der Waals surface area contributed by atoms with Gasteiger partial charge in [-0.2, -0.15) is 0 Å². The first-order valence-corrected chi connectivity index (χ1v) is 17.0. The maximum atomic E-state index is 13.7. The van der Waals surface area contributed by atoms with Crippen molar-refractivity contribution in [2.24, 2.45) is 0 Å². The molecular weight excluding hydrogens is 752 g/mol. The molecule has 3 rings (SSSR count). The van der Waals surface area contributed by atoms with Gasteiger partial charge in [0.05, 0.1) is 5.56 Å². The zero-order valence-corrected chi connectivity index (χ0v) is 31.8. The summed E-state index contributed by atoms with van der Waals surface area (Å²) in [4.78, 5) is 110. The average molecular weight is 797 g/mol. The van der Waals surface area contributed by atoms with Gasteiger partial charge in [0, 0.05) is 55.4 Å². The standard InChI is InChI=1S/C35H44N2O19/c1-15(38)36-27-31(51-21(7)44)29(49-19(5)42)25(13-47-17(3)40)54-34(27)53-24-11-9-10-23(12-24)33(46)56-35-28(37-16(2)39)32(52-22(8)45)30(50-20(6)43)26(55-35)14-48-18(4)41/h9-12,25-32,34-35H,13-14H2,1-8H3,(H,36,38)(H,37,39)/t25-,26-,27-,28+,29+,30+,31-,32+,34+,35-/m0/s1. The Labute approximate surface area is 320 Å². The molecule has 2 amide bonds. The number of amides is 2. The molecule has 0 aliphatic carbocycles. The normalized spacial score (nSPS) is 26.9. The molecule has 2 saturated heterocycles. The van der Waals surface area contributed by atoms with Crippen LogP contribution < -0.4 is 15.4 Å². The van der Waals surface area contributed by atoms with E-state index in [1.54, 1.807) is 0 Å². The summed E-state index contributed by atoms with van der Waals surface area (Å²) in [5, 5.41) is 5.04. The molecule has 56 heavy (non-hydrogen) atoms. The van der Waals surface area contributed by atoms with Gasteiger partial charge in [0.2, 0.25) is 24.4 Å². The van der Waals surface area contributed by atoms with Crippen molar-refractivity contribution in [1.29, 1.82) is 0 Å². The van der Waals surface area contributed by atoms with Crippen molar-refractivity contribution in [1.82, 2.24) is 10.6 Å². The largest absolute Gasteiger partial charge is 0.463 e. The van der Waals surface area contributed by atoms with E-state index in [4.69, 9.17) is 47.4 Å². The van der Waals surface area contributed by atoms with Gasteiger partial charge in [-0.05, 0) is 18.2 Å². The number of carbonyl (C=O) groups is 9. The number of rotatable bonds is 14. The summed E-state index contributed by atoms with van der Waals surface area (Å²) in [5.74, 6) is -7.26. The summed E-state index contributed by atoms with van der Waals surface area (Å²) < 4.78 is 55.4. The van der Waals surface area contributed by atoms with E-state index >= 15 is 0 Å². The summed E-state index contributed by atoms with van der Waals surface area (Å²) in [7, 11) is 0. The molecule has 2 aliphatic rings. The van der Waals surface area contributed by atoms with Crippen LogP contribution in [0.5, 0.6) is 5.75 Å². The minimum Gasteiger partial charge on any atom is -0.463 e. The van der Waals surface area contributed by atoms with E-state index in [9.17, 15) is 43.2 Å². The molecule has 2 fully saturated rings. The van der Waals surface area contributed by atoms with Crippen molar-refractivity contribution in [2.75, 3.05) is 13.2 Å². The van der Waals surface area contributed by atoms with Crippen LogP contribution in [0.4, 0.5) is 0 Å². The lowest BCUT2D eigenvalue weighted by molar-refractivity contribution is -0.263. The van der Waals surface area contributed by atoms with Crippen molar-refractivity contribution in [3.05, 3.63) is 29.8 Å². The molecule has 10 atom stereocenters. The molecule has 0 unspecified atom stereocenters. The van der Waals surface area contributed by atoms with Gasteiger partial charge >= 0.3 is 41.8 Å². The summed E-state index contributed by atoms with van der Waals surface area (Å²) >= 11 is 0. The molecule has 21 heteroatoms. The smallest absolute Gasteiger partial charge is 0.340 e. The number of esters is 7. The topological polar surface area (TPSA) is 270 Å². The first kappa shape index (κ1) is 44.6. The summed E-state index contributed by atoms with van der Waals surface area (Å²) in [5.41, 5.74) is -0.187. The van der Waals surface area contributed by atoms with Crippen LogP contribution in [0.2, 0.25) is 0 Å². The van der Waals surface area contributed by atoms with Gasteiger partial charge in [0.25, 0.3) is 0 Å².